The fraction of sp³-hybridized carbons (Fsp3) is 1.00. The van der Waals surface area contributed by atoms with Crippen molar-refractivity contribution in [2.45, 2.75) is 207 Å². The van der Waals surface area contributed by atoms with Gasteiger partial charge in [-0.2, -0.15) is 0 Å². The van der Waals surface area contributed by atoms with Gasteiger partial charge in [-0.15, -0.1) is 0 Å². The van der Waals surface area contributed by atoms with Crippen molar-refractivity contribution < 1.29 is 16.8 Å². The topological polar surface area (TPSA) is 104 Å². The van der Waals surface area contributed by atoms with Gasteiger partial charge in [0.1, 0.15) is 0 Å². The van der Waals surface area contributed by atoms with Crippen molar-refractivity contribution in [3.05, 3.63) is 0 Å². The molecule has 0 aliphatic heterocycles. The average molecular weight is 779 g/mol. The van der Waals surface area contributed by atoms with E-state index >= 15 is 0 Å². The summed E-state index contributed by atoms with van der Waals surface area (Å²) in [6, 6.07) is 0. The molecule has 0 saturated heterocycles. The van der Waals surface area contributed by atoms with Gasteiger partial charge in [-0.25, -0.2) is 25.4 Å². The van der Waals surface area contributed by atoms with Crippen molar-refractivity contribution in [3.8, 4) is 0 Å². The normalized spacial score (nSPS) is 12.6. The minimum absolute atomic E-state index is 0.309. The van der Waals surface area contributed by atoms with Crippen LogP contribution in [-0.2, 0) is 20.0 Å². The Hall–Kier alpha value is -0.260. The van der Waals surface area contributed by atoms with Gasteiger partial charge in [-0.05, 0) is 90.4 Å². The van der Waals surface area contributed by atoms with E-state index < -0.39 is 20.0 Å². The summed E-state index contributed by atoms with van der Waals surface area (Å²) in [7, 11) is -6.27. The van der Waals surface area contributed by atoms with Crippen LogP contribution in [0.5, 0.6) is 0 Å². The van der Waals surface area contributed by atoms with E-state index in [0.717, 1.165) is 122 Å². The second kappa shape index (κ2) is 36.4. The van der Waals surface area contributed by atoms with Gasteiger partial charge in [-0.1, -0.05) is 143 Å². The fourth-order valence-corrected chi connectivity index (χ4v) is 10.2. The maximum Gasteiger partial charge on any atom is 0.214 e. The van der Waals surface area contributed by atoms with E-state index in [4.69, 9.17) is 5.73 Å². The lowest BCUT2D eigenvalue weighted by molar-refractivity contribution is 0.255. The molecule has 0 amide bonds. The molecule has 52 heavy (non-hydrogen) atoms. The second-order valence-corrected chi connectivity index (χ2v) is 19.7. The molecule has 0 aromatic rings. The molecule has 0 fully saturated rings. The molecule has 0 unspecified atom stereocenters. The molecule has 0 radical (unpaired) electrons. The average Bonchev–Trinajstić information content (AvgIpc) is 3.12. The zero-order valence-electron chi connectivity index (χ0n) is 35.2. The van der Waals surface area contributed by atoms with Crippen molar-refractivity contribution in [1.82, 2.24) is 13.5 Å². The molecule has 0 aromatic carbocycles. The van der Waals surface area contributed by atoms with Crippen molar-refractivity contribution in [2.24, 2.45) is 5.73 Å². The van der Waals surface area contributed by atoms with E-state index in [-0.39, 0.29) is 0 Å². The van der Waals surface area contributed by atoms with Crippen LogP contribution >= 0.6 is 0 Å². The molecule has 0 aliphatic rings. The molecule has 0 saturated carbocycles. The Labute approximate surface area is 326 Å². The summed E-state index contributed by atoms with van der Waals surface area (Å²) in [6.45, 7) is 15.6. The number of hydrogen-bond acceptors (Lipinski definition) is 6. The molecule has 0 atom stereocenters. The summed E-state index contributed by atoms with van der Waals surface area (Å²) < 4.78 is 55.6. The Kier molecular flexibility index (Phi) is 36.2. The third-order valence-corrected chi connectivity index (χ3v) is 14.4. The summed E-state index contributed by atoms with van der Waals surface area (Å²) in [4.78, 5) is 2.64. The Bertz CT molecular complexity index is 893. The van der Waals surface area contributed by atoms with Crippen molar-refractivity contribution >= 4 is 20.0 Å². The quantitative estimate of drug-likeness (QED) is 0.0619. The molecular weight excluding hydrogens is 689 g/mol. The fourth-order valence-electron chi connectivity index (χ4n) is 6.96. The van der Waals surface area contributed by atoms with Gasteiger partial charge in [0.15, 0.2) is 0 Å². The molecule has 0 aliphatic carbocycles. The zero-order chi connectivity index (χ0) is 38.6. The van der Waals surface area contributed by atoms with Gasteiger partial charge >= 0.3 is 0 Å². The molecule has 10 heteroatoms. The standard InChI is InChI=1S/C42H90N4O4S2/c1-5-9-13-28-39-45(37-11-7-3)51(47,48)41-31-23-19-15-17-21-26-34-44(36-30-25-33-43)35-27-22-18-16-20-24-32-42-52(49,50)46(38-12-8-4)40-29-14-10-6-2/h5-43H2,1-4H3. The zero-order valence-corrected chi connectivity index (χ0v) is 36.9. The lowest BCUT2D eigenvalue weighted by atomic mass is 10.1. The summed E-state index contributed by atoms with van der Waals surface area (Å²) in [5.41, 5.74) is 5.78. The molecule has 8 nitrogen and oxygen atoms in total. The molecule has 0 bridgehead atoms. The summed E-state index contributed by atoms with van der Waals surface area (Å²) in [6.07, 6.45) is 30.9. The highest BCUT2D eigenvalue weighted by Crippen LogP contribution is 2.16. The van der Waals surface area contributed by atoms with Crippen LogP contribution in [0.4, 0.5) is 0 Å². The first-order chi connectivity index (χ1) is 25.2. The van der Waals surface area contributed by atoms with Crippen LogP contribution in [0.25, 0.3) is 0 Å². The van der Waals surface area contributed by atoms with Gasteiger partial charge in [-0.3, -0.25) is 0 Å². The van der Waals surface area contributed by atoms with Crippen LogP contribution in [-0.4, -0.2) is 94.2 Å². The van der Waals surface area contributed by atoms with Crippen molar-refractivity contribution in [1.29, 1.82) is 0 Å². The Balaban J connectivity index is 4.21. The number of nitrogens with zero attached hydrogens (tertiary/aromatic N) is 3. The largest absolute Gasteiger partial charge is 0.330 e. The lowest BCUT2D eigenvalue weighted by Gasteiger charge is -2.22. The van der Waals surface area contributed by atoms with E-state index in [9.17, 15) is 16.8 Å². The minimum atomic E-state index is -3.14. The highest BCUT2D eigenvalue weighted by atomic mass is 32.2. The Morgan fingerprint density at radius 1 is 0.327 bits per heavy atom. The van der Waals surface area contributed by atoms with Crippen molar-refractivity contribution in [2.75, 3.05) is 63.9 Å². The third-order valence-electron chi connectivity index (χ3n) is 10.5. The smallest absolute Gasteiger partial charge is 0.214 e. The van der Waals surface area contributed by atoms with E-state index in [1.54, 1.807) is 8.61 Å². The number of unbranched alkanes of at least 4 members (excludes halogenated alkanes) is 21. The lowest BCUT2D eigenvalue weighted by Crippen LogP contribution is -2.34. The summed E-state index contributed by atoms with van der Waals surface area (Å²) >= 11 is 0. The highest BCUT2D eigenvalue weighted by Gasteiger charge is 2.21. The van der Waals surface area contributed by atoms with E-state index in [1.807, 2.05) is 0 Å². The molecule has 0 spiro atoms. The number of hydrogen-bond donors (Lipinski definition) is 1. The summed E-state index contributed by atoms with van der Waals surface area (Å²) in [5.74, 6) is 0.619. The molecule has 0 aromatic heterocycles. The predicted molar refractivity (Wildman–Crippen MR) is 228 cm³/mol. The molecule has 2 N–H and O–H groups in total. The molecular formula is C42H90N4O4S2. The molecule has 314 valence electrons. The Morgan fingerprint density at radius 3 is 0.942 bits per heavy atom. The highest BCUT2D eigenvalue weighted by molar-refractivity contribution is 7.89. The first-order valence-corrected chi connectivity index (χ1v) is 25.8. The monoisotopic (exact) mass is 779 g/mol. The van der Waals surface area contributed by atoms with Crippen molar-refractivity contribution in [3.63, 3.8) is 0 Å². The number of rotatable bonds is 42. The third kappa shape index (κ3) is 30.0. The molecule has 0 rings (SSSR count). The van der Waals surface area contributed by atoms with Crippen LogP contribution in [0.1, 0.15) is 207 Å². The van der Waals surface area contributed by atoms with Gasteiger partial charge in [0, 0.05) is 26.2 Å². The maximum absolute atomic E-state index is 13.0. The van der Waals surface area contributed by atoms with Crippen LogP contribution in [0.3, 0.4) is 0 Å². The van der Waals surface area contributed by atoms with E-state index in [1.165, 1.54) is 83.5 Å². The Morgan fingerprint density at radius 2 is 0.596 bits per heavy atom. The first kappa shape index (κ1) is 51.7. The number of sulfonamides is 2. The first-order valence-electron chi connectivity index (χ1n) is 22.6. The van der Waals surface area contributed by atoms with Crippen LogP contribution < -0.4 is 5.73 Å². The maximum atomic E-state index is 13.0. The van der Waals surface area contributed by atoms with Gasteiger partial charge < -0.3 is 10.6 Å². The van der Waals surface area contributed by atoms with Crippen LogP contribution in [0, 0.1) is 0 Å². The summed E-state index contributed by atoms with van der Waals surface area (Å²) in [5, 5.41) is 0. The second-order valence-electron chi connectivity index (χ2n) is 15.5. The SMILES string of the molecule is CCCCCCN(CCCC)S(=O)(=O)CCCCCCCCCN(CCCCN)CCCCCCCCCS(=O)(=O)N(CCCC)CCCCCC. The predicted octanol–water partition coefficient (Wildman–Crippen LogP) is 10.5. The van der Waals surface area contributed by atoms with E-state index in [0.29, 0.717) is 37.7 Å². The van der Waals surface area contributed by atoms with Gasteiger partial charge in [0.05, 0.1) is 11.5 Å². The van der Waals surface area contributed by atoms with Crippen LogP contribution in [0.2, 0.25) is 0 Å². The molecule has 0 heterocycles. The minimum Gasteiger partial charge on any atom is -0.330 e. The van der Waals surface area contributed by atoms with Gasteiger partial charge in [0.2, 0.25) is 20.0 Å². The number of nitrogens with two attached hydrogens (primary N) is 1. The van der Waals surface area contributed by atoms with Crippen LogP contribution in [0.15, 0.2) is 0 Å². The van der Waals surface area contributed by atoms with E-state index in [2.05, 4.69) is 32.6 Å². The van der Waals surface area contributed by atoms with Gasteiger partial charge in [0.25, 0.3) is 0 Å².